The fourth-order valence-corrected chi connectivity index (χ4v) is 5.53. The van der Waals surface area contributed by atoms with E-state index in [9.17, 15) is 9.59 Å². The van der Waals surface area contributed by atoms with E-state index in [-0.39, 0.29) is 5.91 Å². The van der Waals surface area contributed by atoms with Gasteiger partial charge in [-0.25, -0.2) is 9.79 Å². The standard InChI is InChI=1S/C31H25BrN2O4S/c1-3-34-29(35)28(39-31(34)33-24-9-6-8-22(17-24)30(36)37-2)18-26-25-10-5-4-7-21(25)13-16-27(26)38-19-20-11-14-23(32)15-12-20/h4-18H,3,19H2,1-2H3. The normalized spacial score (nSPS) is 15.4. The highest BCUT2D eigenvalue weighted by Crippen LogP contribution is 2.38. The summed E-state index contributed by atoms with van der Waals surface area (Å²) in [6.07, 6.45) is 1.89. The third-order valence-corrected chi connectivity index (χ3v) is 7.75. The number of thioether (sulfide) groups is 1. The van der Waals surface area contributed by atoms with Gasteiger partial charge in [-0.3, -0.25) is 9.69 Å². The van der Waals surface area contributed by atoms with Crippen molar-refractivity contribution in [1.82, 2.24) is 4.90 Å². The maximum atomic E-state index is 13.5. The van der Waals surface area contributed by atoms with Gasteiger partial charge in [-0.2, -0.15) is 0 Å². The van der Waals surface area contributed by atoms with Gasteiger partial charge in [0, 0.05) is 16.6 Å². The average molecular weight is 602 g/mol. The van der Waals surface area contributed by atoms with Gasteiger partial charge in [0.25, 0.3) is 5.91 Å². The number of carbonyl (C=O) groups is 2. The minimum absolute atomic E-state index is 0.128. The van der Waals surface area contributed by atoms with Gasteiger partial charge in [-0.1, -0.05) is 64.5 Å². The summed E-state index contributed by atoms with van der Waals surface area (Å²) >= 11 is 4.77. The Labute approximate surface area is 239 Å². The molecule has 0 bridgehead atoms. The third-order valence-electron chi connectivity index (χ3n) is 6.21. The zero-order valence-corrected chi connectivity index (χ0v) is 23.8. The van der Waals surface area contributed by atoms with Crippen molar-refractivity contribution in [2.24, 2.45) is 4.99 Å². The predicted molar refractivity (Wildman–Crippen MR) is 160 cm³/mol. The molecule has 1 heterocycles. The number of halogens is 1. The fourth-order valence-electron chi connectivity index (χ4n) is 4.22. The number of nitrogens with zero attached hydrogens (tertiary/aromatic N) is 2. The number of ether oxygens (including phenoxy) is 2. The molecule has 0 N–H and O–H groups in total. The molecule has 0 spiro atoms. The van der Waals surface area contributed by atoms with Crippen molar-refractivity contribution in [1.29, 1.82) is 0 Å². The van der Waals surface area contributed by atoms with Gasteiger partial charge in [0.05, 0.1) is 23.3 Å². The molecule has 6 nitrogen and oxygen atoms in total. The Kier molecular flexibility index (Phi) is 8.14. The van der Waals surface area contributed by atoms with Gasteiger partial charge < -0.3 is 9.47 Å². The summed E-state index contributed by atoms with van der Waals surface area (Å²) in [5.41, 5.74) is 2.84. The molecule has 4 aromatic rings. The van der Waals surface area contributed by atoms with Crippen molar-refractivity contribution in [3.05, 3.63) is 111 Å². The molecule has 1 aliphatic rings. The molecule has 8 heteroatoms. The summed E-state index contributed by atoms with van der Waals surface area (Å²) in [7, 11) is 1.34. The lowest BCUT2D eigenvalue weighted by Gasteiger charge is -2.13. The van der Waals surface area contributed by atoms with Crippen LogP contribution in [-0.4, -0.2) is 35.6 Å². The van der Waals surface area contributed by atoms with Gasteiger partial charge in [-0.15, -0.1) is 0 Å². The Morgan fingerprint density at radius 1 is 1.03 bits per heavy atom. The number of hydrogen-bond donors (Lipinski definition) is 0. The van der Waals surface area contributed by atoms with Crippen molar-refractivity contribution in [3.63, 3.8) is 0 Å². The monoisotopic (exact) mass is 600 g/mol. The van der Waals surface area contributed by atoms with E-state index >= 15 is 0 Å². The van der Waals surface area contributed by atoms with Crippen LogP contribution in [-0.2, 0) is 16.1 Å². The molecule has 1 fully saturated rings. The Hall–Kier alpha value is -3.88. The van der Waals surface area contributed by atoms with Crippen LogP contribution in [0.2, 0.25) is 0 Å². The van der Waals surface area contributed by atoms with Gasteiger partial charge >= 0.3 is 5.97 Å². The van der Waals surface area contributed by atoms with E-state index in [4.69, 9.17) is 14.5 Å². The smallest absolute Gasteiger partial charge is 0.337 e. The number of aliphatic imine (C=N–C) groups is 1. The molecule has 5 rings (SSSR count). The summed E-state index contributed by atoms with van der Waals surface area (Å²) in [6.45, 7) is 2.76. The fraction of sp³-hybridized carbons (Fsp3) is 0.129. The number of fused-ring (bicyclic) bond motifs is 1. The number of esters is 1. The molecule has 0 unspecified atom stereocenters. The second-order valence-corrected chi connectivity index (χ2v) is 10.6. The lowest BCUT2D eigenvalue weighted by Crippen LogP contribution is -2.28. The summed E-state index contributed by atoms with van der Waals surface area (Å²) < 4.78 is 12.1. The molecule has 4 aromatic carbocycles. The Balaban J connectivity index is 1.51. The second kappa shape index (κ2) is 11.9. The largest absolute Gasteiger partial charge is 0.488 e. The SMILES string of the molecule is CCN1C(=O)C(=Cc2c(OCc3ccc(Br)cc3)ccc3ccccc23)SC1=Nc1cccc(C(=O)OC)c1. The summed E-state index contributed by atoms with van der Waals surface area (Å²) in [4.78, 5) is 32.3. The number of methoxy groups -OCH3 is 1. The van der Waals surface area contributed by atoms with E-state index in [1.54, 1.807) is 29.2 Å². The van der Waals surface area contributed by atoms with Gasteiger partial charge in [0.15, 0.2) is 5.17 Å². The minimum atomic E-state index is -0.438. The van der Waals surface area contributed by atoms with Crippen LogP contribution in [0.1, 0.15) is 28.4 Å². The molecule has 1 amide bonds. The van der Waals surface area contributed by atoms with Crippen LogP contribution < -0.4 is 4.74 Å². The van der Waals surface area contributed by atoms with Crippen molar-refractivity contribution in [2.45, 2.75) is 13.5 Å². The molecular formula is C31H25BrN2O4S. The first-order valence-corrected chi connectivity index (χ1v) is 13.9. The molecule has 0 saturated carbocycles. The summed E-state index contributed by atoms with van der Waals surface area (Å²) in [6, 6.07) is 26.8. The van der Waals surface area contributed by atoms with E-state index in [1.807, 2.05) is 73.7 Å². The van der Waals surface area contributed by atoms with Crippen molar-refractivity contribution >= 4 is 67.3 Å². The molecule has 196 valence electrons. The van der Waals surface area contributed by atoms with E-state index in [1.165, 1.54) is 18.9 Å². The lowest BCUT2D eigenvalue weighted by molar-refractivity contribution is -0.122. The first-order valence-electron chi connectivity index (χ1n) is 12.3. The molecule has 1 aliphatic heterocycles. The van der Waals surface area contributed by atoms with Crippen molar-refractivity contribution in [2.75, 3.05) is 13.7 Å². The van der Waals surface area contributed by atoms with E-state index in [0.29, 0.717) is 40.2 Å². The molecule has 39 heavy (non-hydrogen) atoms. The topological polar surface area (TPSA) is 68.2 Å². The molecule has 0 aromatic heterocycles. The van der Waals surface area contributed by atoms with Crippen LogP contribution in [0, 0.1) is 0 Å². The Morgan fingerprint density at radius 3 is 2.59 bits per heavy atom. The maximum absolute atomic E-state index is 13.5. The average Bonchev–Trinajstić information content (AvgIpc) is 3.26. The van der Waals surface area contributed by atoms with E-state index in [0.717, 1.165) is 26.4 Å². The summed E-state index contributed by atoms with van der Waals surface area (Å²) in [5.74, 6) is 0.126. The van der Waals surface area contributed by atoms with Crippen LogP contribution in [0.15, 0.2) is 99.3 Å². The van der Waals surface area contributed by atoms with Crippen molar-refractivity contribution in [3.8, 4) is 5.75 Å². The molecule has 0 radical (unpaired) electrons. The van der Waals surface area contributed by atoms with Crippen LogP contribution in [0.25, 0.3) is 16.8 Å². The Bertz CT molecular complexity index is 1610. The Morgan fingerprint density at radius 2 is 1.82 bits per heavy atom. The number of amidine groups is 1. The van der Waals surface area contributed by atoms with E-state index < -0.39 is 5.97 Å². The van der Waals surface area contributed by atoms with Gasteiger partial charge in [0.2, 0.25) is 0 Å². The van der Waals surface area contributed by atoms with Crippen LogP contribution >= 0.6 is 27.7 Å². The highest BCUT2D eigenvalue weighted by molar-refractivity contribution is 9.10. The number of likely N-dealkylation sites (N-methyl/N-ethyl adjacent to an activating group) is 1. The highest BCUT2D eigenvalue weighted by atomic mass is 79.9. The van der Waals surface area contributed by atoms with Crippen molar-refractivity contribution < 1.29 is 19.1 Å². The van der Waals surface area contributed by atoms with Gasteiger partial charge in [-0.05, 0) is 77.5 Å². The minimum Gasteiger partial charge on any atom is -0.488 e. The zero-order valence-electron chi connectivity index (χ0n) is 21.4. The lowest BCUT2D eigenvalue weighted by atomic mass is 10.0. The molecule has 0 aliphatic carbocycles. The number of hydrogen-bond acceptors (Lipinski definition) is 6. The number of amides is 1. The molecular weight excluding hydrogens is 576 g/mol. The number of benzene rings is 4. The zero-order chi connectivity index (χ0) is 27.4. The molecule has 0 atom stereocenters. The van der Waals surface area contributed by atoms with E-state index in [2.05, 4.69) is 15.9 Å². The third kappa shape index (κ3) is 5.92. The highest BCUT2D eigenvalue weighted by Gasteiger charge is 2.32. The second-order valence-electron chi connectivity index (χ2n) is 8.71. The molecule has 1 saturated heterocycles. The van der Waals surface area contributed by atoms with Crippen LogP contribution in [0.3, 0.4) is 0 Å². The number of carbonyl (C=O) groups excluding carboxylic acids is 2. The summed E-state index contributed by atoms with van der Waals surface area (Å²) in [5, 5.41) is 2.59. The first-order chi connectivity index (χ1) is 19.0. The number of rotatable bonds is 7. The predicted octanol–water partition coefficient (Wildman–Crippen LogP) is 7.59. The first kappa shape index (κ1) is 26.7. The maximum Gasteiger partial charge on any atom is 0.337 e. The van der Waals surface area contributed by atoms with Crippen LogP contribution in [0.5, 0.6) is 5.75 Å². The van der Waals surface area contributed by atoms with Crippen LogP contribution in [0.4, 0.5) is 5.69 Å². The quantitative estimate of drug-likeness (QED) is 0.161. The van der Waals surface area contributed by atoms with Gasteiger partial charge in [0.1, 0.15) is 12.4 Å².